The van der Waals surface area contributed by atoms with Crippen LogP contribution in [0, 0.1) is 0 Å². The highest BCUT2D eigenvalue weighted by Crippen LogP contribution is 2.18. The average molecular weight is 220 g/mol. The summed E-state index contributed by atoms with van der Waals surface area (Å²) in [6.07, 6.45) is 0.548. The molecule has 2 rings (SSSR count). The Morgan fingerprint density at radius 1 is 1.31 bits per heavy atom. The van der Waals surface area contributed by atoms with Crippen molar-refractivity contribution in [3.05, 3.63) is 29.8 Å². The molecule has 0 saturated carbocycles. The largest absolute Gasteiger partial charge is 0.497 e. The van der Waals surface area contributed by atoms with Crippen molar-refractivity contribution in [1.29, 1.82) is 0 Å². The monoisotopic (exact) mass is 220 g/mol. The Morgan fingerprint density at radius 2 is 2.06 bits per heavy atom. The van der Waals surface area contributed by atoms with Crippen molar-refractivity contribution < 1.29 is 9.53 Å². The molecule has 1 amide bonds. The molecule has 2 N–H and O–H groups in total. The lowest BCUT2D eigenvalue weighted by Crippen LogP contribution is -2.28. The second-order valence-corrected chi connectivity index (χ2v) is 3.83. The van der Waals surface area contributed by atoms with Gasteiger partial charge in [0.1, 0.15) is 5.75 Å². The highest BCUT2D eigenvalue weighted by atomic mass is 16.5. The second kappa shape index (κ2) is 4.99. The standard InChI is InChI=1S/C12H16N2O2/c1-16-10-4-2-9(3-5-10)11-8-14-12(15)6-7-13-11/h2-5,11,13H,6-8H2,1H3,(H,14,15). The molecule has 1 heterocycles. The number of ether oxygens (including phenoxy) is 1. The number of amides is 1. The lowest BCUT2D eigenvalue weighted by atomic mass is 10.1. The van der Waals surface area contributed by atoms with E-state index >= 15 is 0 Å². The van der Waals surface area contributed by atoms with Gasteiger partial charge in [0.05, 0.1) is 7.11 Å². The minimum absolute atomic E-state index is 0.114. The molecule has 86 valence electrons. The molecule has 1 aliphatic heterocycles. The van der Waals surface area contributed by atoms with E-state index < -0.39 is 0 Å². The molecule has 0 spiro atoms. The fourth-order valence-corrected chi connectivity index (χ4v) is 1.81. The predicted octanol–water partition coefficient (Wildman–Crippen LogP) is 0.846. The van der Waals surface area contributed by atoms with E-state index in [1.807, 2.05) is 24.3 Å². The molecule has 0 radical (unpaired) electrons. The molecule has 1 fully saturated rings. The summed E-state index contributed by atoms with van der Waals surface area (Å²) in [6.45, 7) is 1.37. The van der Waals surface area contributed by atoms with Gasteiger partial charge in [-0.15, -0.1) is 0 Å². The number of benzene rings is 1. The van der Waals surface area contributed by atoms with Crippen molar-refractivity contribution in [3.8, 4) is 5.75 Å². The molecule has 4 heteroatoms. The van der Waals surface area contributed by atoms with Crippen molar-refractivity contribution in [3.63, 3.8) is 0 Å². The van der Waals surface area contributed by atoms with Gasteiger partial charge in [-0.3, -0.25) is 4.79 Å². The maximum Gasteiger partial charge on any atom is 0.221 e. The van der Waals surface area contributed by atoms with Gasteiger partial charge in [-0.25, -0.2) is 0 Å². The Kier molecular flexibility index (Phi) is 3.41. The van der Waals surface area contributed by atoms with Gasteiger partial charge in [0.15, 0.2) is 0 Å². The van der Waals surface area contributed by atoms with Crippen molar-refractivity contribution in [2.24, 2.45) is 0 Å². The molecule has 1 aromatic carbocycles. The summed E-state index contributed by atoms with van der Waals surface area (Å²) in [5.41, 5.74) is 1.17. The van der Waals surface area contributed by atoms with Crippen molar-refractivity contribution in [1.82, 2.24) is 10.6 Å². The van der Waals surface area contributed by atoms with Gasteiger partial charge >= 0.3 is 0 Å². The molecular weight excluding hydrogens is 204 g/mol. The maximum absolute atomic E-state index is 11.2. The first-order valence-corrected chi connectivity index (χ1v) is 5.43. The number of methoxy groups -OCH3 is 1. The number of hydrogen-bond donors (Lipinski definition) is 2. The van der Waals surface area contributed by atoms with E-state index in [1.165, 1.54) is 5.56 Å². The Hall–Kier alpha value is -1.55. The quantitative estimate of drug-likeness (QED) is 0.776. The van der Waals surface area contributed by atoms with Crippen LogP contribution in [0.25, 0.3) is 0 Å². The van der Waals surface area contributed by atoms with Crippen LogP contribution in [-0.4, -0.2) is 26.1 Å². The van der Waals surface area contributed by atoms with E-state index in [0.717, 1.165) is 12.3 Å². The minimum atomic E-state index is 0.114. The molecule has 1 saturated heterocycles. The predicted molar refractivity (Wildman–Crippen MR) is 61.4 cm³/mol. The van der Waals surface area contributed by atoms with Crippen LogP contribution >= 0.6 is 0 Å². The Bertz CT molecular complexity index is 362. The fourth-order valence-electron chi connectivity index (χ4n) is 1.81. The smallest absolute Gasteiger partial charge is 0.221 e. The zero-order valence-electron chi connectivity index (χ0n) is 9.32. The summed E-state index contributed by atoms with van der Waals surface area (Å²) < 4.78 is 5.11. The van der Waals surface area contributed by atoms with Crippen LogP contribution in [0.15, 0.2) is 24.3 Å². The summed E-state index contributed by atoms with van der Waals surface area (Å²) in [5.74, 6) is 0.963. The number of rotatable bonds is 2. The number of carbonyl (C=O) groups excluding carboxylic acids is 1. The normalized spacial score (nSPS) is 21.1. The van der Waals surface area contributed by atoms with E-state index in [-0.39, 0.29) is 11.9 Å². The molecule has 1 aliphatic rings. The second-order valence-electron chi connectivity index (χ2n) is 3.83. The van der Waals surface area contributed by atoms with Crippen LogP contribution in [0.5, 0.6) is 5.75 Å². The number of carbonyl (C=O) groups is 1. The molecule has 1 unspecified atom stereocenters. The van der Waals surface area contributed by atoms with Crippen LogP contribution in [0.3, 0.4) is 0 Å². The Morgan fingerprint density at radius 3 is 2.75 bits per heavy atom. The summed E-state index contributed by atoms with van der Waals surface area (Å²) >= 11 is 0. The average Bonchev–Trinajstić information content (AvgIpc) is 2.54. The van der Waals surface area contributed by atoms with Crippen molar-refractivity contribution >= 4 is 5.91 Å². The summed E-state index contributed by atoms with van der Waals surface area (Å²) in [4.78, 5) is 11.2. The lowest BCUT2D eigenvalue weighted by Gasteiger charge is -2.16. The Labute approximate surface area is 95.0 Å². The molecule has 1 atom stereocenters. The van der Waals surface area contributed by atoms with E-state index in [1.54, 1.807) is 7.11 Å². The first-order chi connectivity index (χ1) is 7.79. The van der Waals surface area contributed by atoms with Crippen LogP contribution in [-0.2, 0) is 4.79 Å². The summed E-state index contributed by atoms with van der Waals surface area (Å²) in [7, 11) is 1.65. The first kappa shape index (κ1) is 11.0. The third-order valence-corrected chi connectivity index (χ3v) is 2.76. The van der Waals surface area contributed by atoms with Crippen LogP contribution in [0.1, 0.15) is 18.0 Å². The summed E-state index contributed by atoms with van der Waals surface area (Å²) in [6, 6.07) is 8.10. The molecule has 0 aromatic heterocycles. The highest BCUT2D eigenvalue weighted by Gasteiger charge is 2.16. The van der Waals surface area contributed by atoms with Gasteiger partial charge in [-0.1, -0.05) is 12.1 Å². The highest BCUT2D eigenvalue weighted by molar-refractivity contribution is 5.76. The van der Waals surface area contributed by atoms with Crippen molar-refractivity contribution in [2.75, 3.05) is 20.2 Å². The van der Waals surface area contributed by atoms with E-state index in [0.29, 0.717) is 13.0 Å². The fraction of sp³-hybridized carbons (Fsp3) is 0.417. The van der Waals surface area contributed by atoms with E-state index in [4.69, 9.17) is 4.74 Å². The zero-order valence-corrected chi connectivity index (χ0v) is 9.32. The van der Waals surface area contributed by atoms with Crippen LogP contribution < -0.4 is 15.4 Å². The maximum atomic E-state index is 11.2. The van der Waals surface area contributed by atoms with Gasteiger partial charge in [-0.05, 0) is 17.7 Å². The molecule has 16 heavy (non-hydrogen) atoms. The molecule has 4 nitrogen and oxygen atoms in total. The molecule has 0 aliphatic carbocycles. The summed E-state index contributed by atoms with van der Waals surface area (Å²) in [5, 5.41) is 6.23. The van der Waals surface area contributed by atoms with E-state index in [2.05, 4.69) is 10.6 Å². The lowest BCUT2D eigenvalue weighted by molar-refractivity contribution is -0.120. The first-order valence-electron chi connectivity index (χ1n) is 5.43. The van der Waals surface area contributed by atoms with Gasteiger partial charge < -0.3 is 15.4 Å². The molecule has 1 aromatic rings. The minimum Gasteiger partial charge on any atom is -0.497 e. The van der Waals surface area contributed by atoms with Gasteiger partial charge in [-0.2, -0.15) is 0 Å². The van der Waals surface area contributed by atoms with Crippen molar-refractivity contribution in [2.45, 2.75) is 12.5 Å². The van der Waals surface area contributed by atoms with Gasteiger partial charge in [0.25, 0.3) is 0 Å². The third-order valence-electron chi connectivity index (χ3n) is 2.76. The number of nitrogens with one attached hydrogen (secondary N) is 2. The van der Waals surface area contributed by atoms with E-state index in [9.17, 15) is 4.79 Å². The third kappa shape index (κ3) is 2.52. The molecular formula is C12H16N2O2. The zero-order chi connectivity index (χ0) is 11.4. The Balaban J connectivity index is 2.07. The topological polar surface area (TPSA) is 50.4 Å². The van der Waals surface area contributed by atoms with Gasteiger partial charge in [0, 0.05) is 25.6 Å². The van der Waals surface area contributed by atoms with Crippen LogP contribution in [0.2, 0.25) is 0 Å². The SMILES string of the molecule is COc1ccc(C2CNC(=O)CCN2)cc1. The van der Waals surface area contributed by atoms with Crippen LogP contribution in [0.4, 0.5) is 0 Å². The molecule has 0 bridgehead atoms. The number of hydrogen-bond acceptors (Lipinski definition) is 3. The van der Waals surface area contributed by atoms with Gasteiger partial charge in [0.2, 0.25) is 5.91 Å².